The molecule has 0 radical (unpaired) electrons. The quantitative estimate of drug-likeness (QED) is 0.342. The van der Waals surface area contributed by atoms with Crippen LogP contribution in [0.5, 0.6) is 0 Å². The standard InChI is InChI=1S/C25H23BrN2O5/c1-25(18-29,21-12-14-22(26)15-13-21)28(24(31)33-17-20-10-6-3-7-11-20)27-23(30)32-16-19-8-4-2-5-9-19/h2-15,18H,16-17H2,1H3,(H,27,30). The first kappa shape index (κ1) is 24.0. The number of hydrazine groups is 1. The topological polar surface area (TPSA) is 84.9 Å². The average Bonchev–Trinajstić information content (AvgIpc) is 2.86. The van der Waals surface area contributed by atoms with Gasteiger partial charge in [0.05, 0.1) is 0 Å². The lowest BCUT2D eigenvalue weighted by Gasteiger charge is -2.36. The van der Waals surface area contributed by atoms with Crippen molar-refractivity contribution in [1.29, 1.82) is 0 Å². The molecule has 0 spiro atoms. The Balaban J connectivity index is 1.80. The van der Waals surface area contributed by atoms with Gasteiger partial charge in [0.25, 0.3) is 0 Å². The Hall–Kier alpha value is -3.65. The second kappa shape index (κ2) is 11.3. The summed E-state index contributed by atoms with van der Waals surface area (Å²) in [4.78, 5) is 37.8. The molecular weight excluding hydrogens is 488 g/mol. The van der Waals surface area contributed by atoms with Gasteiger partial charge >= 0.3 is 12.2 Å². The van der Waals surface area contributed by atoms with Crippen molar-refractivity contribution in [3.8, 4) is 0 Å². The van der Waals surface area contributed by atoms with E-state index in [1.165, 1.54) is 6.92 Å². The summed E-state index contributed by atoms with van der Waals surface area (Å²) in [6.07, 6.45) is -1.24. The Bertz CT molecular complexity index is 1080. The van der Waals surface area contributed by atoms with Crippen LogP contribution in [-0.4, -0.2) is 23.5 Å². The summed E-state index contributed by atoms with van der Waals surface area (Å²) in [5, 5.41) is 0.847. The van der Waals surface area contributed by atoms with E-state index in [1.807, 2.05) is 36.4 Å². The number of carbonyl (C=O) groups is 3. The smallest absolute Gasteiger partial charge is 0.430 e. The second-order valence-electron chi connectivity index (χ2n) is 7.32. The molecule has 0 aliphatic rings. The van der Waals surface area contributed by atoms with Crippen LogP contribution in [0.3, 0.4) is 0 Å². The Kier molecular flexibility index (Phi) is 8.21. The number of aldehydes is 1. The first-order chi connectivity index (χ1) is 15.9. The lowest BCUT2D eigenvalue weighted by atomic mass is 9.93. The monoisotopic (exact) mass is 510 g/mol. The number of amides is 2. The number of benzene rings is 3. The minimum absolute atomic E-state index is 0.00430. The normalized spacial score (nSPS) is 12.2. The maximum Gasteiger partial charge on any atom is 0.430 e. The molecule has 8 heteroatoms. The zero-order chi connectivity index (χ0) is 23.7. The van der Waals surface area contributed by atoms with Gasteiger partial charge in [0.15, 0.2) is 6.29 Å². The molecule has 0 saturated heterocycles. The van der Waals surface area contributed by atoms with Gasteiger partial charge in [-0.05, 0) is 35.7 Å². The molecule has 3 rings (SSSR count). The van der Waals surface area contributed by atoms with E-state index in [0.717, 1.165) is 20.6 Å². The zero-order valence-corrected chi connectivity index (χ0v) is 19.5. The fourth-order valence-corrected chi connectivity index (χ4v) is 3.28. The van der Waals surface area contributed by atoms with Crippen molar-refractivity contribution in [2.75, 3.05) is 0 Å². The maximum atomic E-state index is 13.0. The average molecular weight is 511 g/mol. The van der Waals surface area contributed by atoms with E-state index < -0.39 is 17.7 Å². The summed E-state index contributed by atoms with van der Waals surface area (Å²) in [6, 6.07) is 25.0. The van der Waals surface area contributed by atoms with Crippen LogP contribution in [0, 0.1) is 0 Å². The summed E-state index contributed by atoms with van der Waals surface area (Å²) < 4.78 is 11.4. The van der Waals surface area contributed by atoms with E-state index in [2.05, 4.69) is 21.4 Å². The highest BCUT2D eigenvalue weighted by Crippen LogP contribution is 2.27. The largest absolute Gasteiger partial charge is 0.443 e. The Morgan fingerprint density at radius 3 is 1.91 bits per heavy atom. The van der Waals surface area contributed by atoms with Crippen LogP contribution in [0.25, 0.3) is 0 Å². The number of carbonyl (C=O) groups excluding carboxylic acids is 3. The molecular formula is C25H23BrN2O5. The van der Waals surface area contributed by atoms with Crippen LogP contribution >= 0.6 is 15.9 Å². The zero-order valence-electron chi connectivity index (χ0n) is 17.9. The summed E-state index contributed by atoms with van der Waals surface area (Å²) in [5.74, 6) is 0. The summed E-state index contributed by atoms with van der Waals surface area (Å²) in [7, 11) is 0. The molecule has 2 amide bonds. The molecule has 0 aliphatic carbocycles. The molecule has 1 N–H and O–H groups in total. The van der Waals surface area contributed by atoms with Gasteiger partial charge in [-0.1, -0.05) is 88.7 Å². The van der Waals surface area contributed by atoms with Crippen LogP contribution in [0.4, 0.5) is 9.59 Å². The maximum absolute atomic E-state index is 13.0. The first-order valence-corrected chi connectivity index (χ1v) is 10.9. The summed E-state index contributed by atoms with van der Waals surface area (Å²) >= 11 is 3.35. The van der Waals surface area contributed by atoms with Crippen LogP contribution in [0.1, 0.15) is 23.6 Å². The fourth-order valence-electron chi connectivity index (χ4n) is 3.02. The highest BCUT2D eigenvalue weighted by Gasteiger charge is 2.40. The van der Waals surface area contributed by atoms with Gasteiger partial charge in [-0.3, -0.25) is 0 Å². The van der Waals surface area contributed by atoms with Crippen molar-refractivity contribution in [2.45, 2.75) is 25.7 Å². The molecule has 3 aromatic rings. The van der Waals surface area contributed by atoms with Crippen LogP contribution in [-0.2, 0) is 33.0 Å². The van der Waals surface area contributed by atoms with Gasteiger partial charge in [0.2, 0.25) is 0 Å². The van der Waals surface area contributed by atoms with Crippen LogP contribution in [0.15, 0.2) is 89.4 Å². The molecule has 0 aromatic heterocycles. The van der Waals surface area contributed by atoms with Gasteiger partial charge < -0.3 is 14.3 Å². The number of nitrogens with one attached hydrogen (secondary N) is 1. The third kappa shape index (κ3) is 6.43. The van der Waals surface area contributed by atoms with E-state index in [-0.39, 0.29) is 13.2 Å². The molecule has 0 bridgehead atoms. The van der Waals surface area contributed by atoms with E-state index in [1.54, 1.807) is 48.5 Å². The first-order valence-electron chi connectivity index (χ1n) is 10.1. The fraction of sp³-hybridized carbons (Fsp3) is 0.160. The Morgan fingerprint density at radius 1 is 0.879 bits per heavy atom. The van der Waals surface area contributed by atoms with Gasteiger partial charge in [-0.2, -0.15) is 5.01 Å². The SMILES string of the molecule is CC(C=O)(c1ccc(Br)cc1)N(NC(=O)OCc1ccccc1)C(=O)OCc1ccccc1. The molecule has 0 fully saturated rings. The van der Waals surface area contributed by atoms with Crippen LogP contribution < -0.4 is 5.43 Å². The third-order valence-electron chi connectivity index (χ3n) is 4.93. The van der Waals surface area contributed by atoms with Gasteiger partial charge in [0.1, 0.15) is 18.8 Å². The van der Waals surface area contributed by atoms with Crippen molar-refractivity contribution in [2.24, 2.45) is 0 Å². The minimum Gasteiger partial charge on any atom is -0.443 e. The predicted molar refractivity (Wildman–Crippen MR) is 126 cm³/mol. The molecule has 33 heavy (non-hydrogen) atoms. The lowest BCUT2D eigenvalue weighted by molar-refractivity contribution is -0.119. The number of halogens is 1. The number of hydrogen-bond donors (Lipinski definition) is 1. The molecule has 170 valence electrons. The summed E-state index contributed by atoms with van der Waals surface area (Å²) in [5.41, 5.74) is 2.83. The molecule has 0 aliphatic heterocycles. The van der Waals surface area contributed by atoms with E-state index in [4.69, 9.17) is 9.47 Å². The molecule has 3 aromatic carbocycles. The van der Waals surface area contributed by atoms with Crippen molar-refractivity contribution < 1.29 is 23.9 Å². The van der Waals surface area contributed by atoms with E-state index in [9.17, 15) is 14.4 Å². The highest BCUT2D eigenvalue weighted by atomic mass is 79.9. The highest BCUT2D eigenvalue weighted by molar-refractivity contribution is 9.10. The Labute approximate surface area is 200 Å². The number of rotatable bonds is 7. The number of nitrogens with zero attached hydrogens (tertiary/aromatic N) is 1. The van der Waals surface area contributed by atoms with Crippen molar-refractivity contribution >= 4 is 34.4 Å². The second-order valence-corrected chi connectivity index (χ2v) is 8.24. The summed E-state index contributed by atoms with van der Waals surface area (Å²) in [6.45, 7) is 1.46. The minimum atomic E-state index is -1.56. The molecule has 1 atom stereocenters. The number of hydrogen-bond acceptors (Lipinski definition) is 5. The van der Waals surface area contributed by atoms with Crippen LogP contribution in [0.2, 0.25) is 0 Å². The van der Waals surface area contributed by atoms with Crippen molar-refractivity contribution in [3.05, 3.63) is 106 Å². The third-order valence-corrected chi connectivity index (χ3v) is 5.45. The lowest BCUT2D eigenvalue weighted by Crippen LogP contribution is -2.58. The van der Waals surface area contributed by atoms with Gasteiger partial charge in [-0.25, -0.2) is 15.0 Å². The van der Waals surface area contributed by atoms with E-state index in [0.29, 0.717) is 11.8 Å². The molecule has 0 saturated carbocycles. The predicted octanol–water partition coefficient (Wildman–Crippen LogP) is 5.34. The van der Waals surface area contributed by atoms with Crippen molar-refractivity contribution in [3.63, 3.8) is 0 Å². The Morgan fingerprint density at radius 2 is 1.39 bits per heavy atom. The number of ether oxygens (including phenoxy) is 2. The van der Waals surface area contributed by atoms with E-state index >= 15 is 0 Å². The van der Waals surface area contributed by atoms with Gasteiger partial charge in [0, 0.05) is 4.47 Å². The van der Waals surface area contributed by atoms with Gasteiger partial charge in [-0.15, -0.1) is 0 Å². The molecule has 1 unspecified atom stereocenters. The molecule has 0 heterocycles. The van der Waals surface area contributed by atoms with Crippen molar-refractivity contribution in [1.82, 2.24) is 10.4 Å². The molecule has 7 nitrogen and oxygen atoms in total.